The number of para-hydroxylation sites is 1. The molecule has 0 atom stereocenters. The van der Waals surface area contributed by atoms with Crippen LogP contribution in [0, 0.1) is 6.92 Å². The minimum Gasteiger partial charge on any atom is -0.497 e. The summed E-state index contributed by atoms with van der Waals surface area (Å²) in [6, 6.07) is 20.0. The zero-order chi connectivity index (χ0) is 21.0. The molecule has 0 spiro atoms. The SMILES string of the molecule is COc1ccc2c(c1)c1c(c3ccccc3n1OS(=O)(=O)c1ccc(C)cc1)n2C. The van der Waals surface area contributed by atoms with E-state index in [1.165, 1.54) is 4.73 Å². The topological polar surface area (TPSA) is 62.5 Å². The van der Waals surface area contributed by atoms with E-state index >= 15 is 0 Å². The average Bonchev–Trinajstić information content (AvgIpc) is 3.21. The third-order valence-corrected chi connectivity index (χ3v) is 6.64. The number of benzene rings is 3. The van der Waals surface area contributed by atoms with Gasteiger partial charge in [-0.3, -0.25) is 4.28 Å². The monoisotopic (exact) mass is 420 g/mol. The number of methoxy groups -OCH3 is 1. The Balaban J connectivity index is 1.83. The van der Waals surface area contributed by atoms with E-state index in [1.807, 2.05) is 61.0 Å². The van der Waals surface area contributed by atoms with Crippen LogP contribution in [0.15, 0.2) is 71.6 Å². The van der Waals surface area contributed by atoms with Crippen LogP contribution in [0.1, 0.15) is 5.56 Å². The second-order valence-electron chi connectivity index (χ2n) is 7.29. The molecule has 0 radical (unpaired) electrons. The summed E-state index contributed by atoms with van der Waals surface area (Å²) in [5.41, 5.74) is 4.19. The van der Waals surface area contributed by atoms with Gasteiger partial charge in [0.05, 0.1) is 23.7 Å². The minimum atomic E-state index is -4.04. The fourth-order valence-electron chi connectivity index (χ4n) is 3.94. The summed E-state index contributed by atoms with van der Waals surface area (Å²) in [7, 11) is -0.468. The molecular formula is C23H20N2O4S. The Morgan fingerprint density at radius 3 is 2.30 bits per heavy atom. The van der Waals surface area contributed by atoms with Gasteiger partial charge in [0, 0.05) is 17.8 Å². The van der Waals surface area contributed by atoms with Gasteiger partial charge < -0.3 is 9.30 Å². The van der Waals surface area contributed by atoms with E-state index in [0.29, 0.717) is 16.8 Å². The minimum absolute atomic E-state index is 0.108. The molecule has 7 heteroatoms. The van der Waals surface area contributed by atoms with Gasteiger partial charge in [-0.2, -0.15) is 13.1 Å². The van der Waals surface area contributed by atoms with E-state index in [9.17, 15) is 8.42 Å². The second kappa shape index (κ2) is 6.53. The summed E-state index contributed by atoms with van der Waals surface area (Å²) in [6.07, 6.45) is 0. The van der Waals surface area contributed by atoms with Crippen molar-refractivity contribution in [1.29, 1.82) is 0 Å². The Bertz CT molecular complexity index is 1530. The van der Waals surface area contributed by atoms with Crippen molar-refractivity contribution in [1.82, 2.24) is 9.30 Å². The van der Waals surface area contributed by atoms with E-state index in [1.54, 1.807) is 31.4 Å². The summed E-state index contributed by atoms with van der Waals surface area (Å²) < 4.78 is 40.8. The van der Waals surface area contributed by atoms with Crippen LogP contribution >= 0.6 is 0 Å². The first-order valence-corrected chi connectivity index (χ1v) is 10.9. The third-order valence-electron chi connectivity index (χ3n) is 5.44. The average molecular weight is 420 g/mol. The zero-order valence-electron chi connectivity index (χ0n) is 16.8. The van der Waals surface area contributed by atoms with E-state index in [-0.39, 0.29) is 4.90 Å². The normalized spacial score (nSPS) is 12.1. The first-order valence-electron chi connectivity index (χ1n) is 9.48. The molecule has 0 saturated carbocycles. The lowest BCUT2D eigenvalue weighted by atomic mass is 10.2. The highest BCUT2D eigenvalue weighted by molar-refractivity contribution is 7.87. The van der Waals surface area contributed by atoms with Crippen LogP contribution in [-0.2, 0) is 17.2 Å². The Hall–Kier alpha value is -3.45. The van der Waals surface area contributed by atoms with Crippen LogP contribution < -0.4 is 9.02 Å². The van der Waals surface area contributed by atoms with Gasteiger partial charge in [0.1, 0.15) is 16.2 Å². The third kappa shape index (κ3) is 2.66. The van der Waals surface area contributed by atoms with Crippen LogP contribution in [0.3, 0.4) is 0 Å². The summed E-state index contributed by atoms with van der Waals surface area (Å²) in [5, 5.41) is 1.76. The van der Waals surface area contributed by atoms with E-state index in [4.69, 9.17) is 9.02 Å². The number of aromatic nitrogens is 2. The van der Waals surface area contributed by atoms with Crippen molar-refractivity contribution in [2.45, 2.75) is 11.8 Å². The summed E-state index contributed by atoms with van der Waals surface area (Å²) in [6.45, 7) is 1.91. The van der Waals surface area contributed by atoms with E-state index in [0.717, 1.165) is 27.4 Å². The van der Waals surface area contributed by atoms with Gasteiger partial charge in [-0.1, -0.05) is 35.9 Å². The number of hydrogen-bond acceptors (Lipinski definition) is 4. The van der Waals surface area contributed by atoms with Crippen molar-refractivity contribution in [3.05, 3.63) is 72.3 Å². The molecule has 0 bridgehead atoms. The highest BCUT2D eigenvalue weighted by Gasteiger charge is 2.24. The molecule has 3 aromatic carbocycles. The maximum Gasteiger partial charge on any atom is 0.357 e. The van der Waals surface area contributed by atoms with Gasteiger partial charge in [0.25, 0.3) is 0 Å². The molecule has 0 unspecified atom stereocenters. The summed E-state index contributed by atoms with van der Waals surface area (Å²) in [5.74, 6) is 0.688. The van der Waals surface area contributed by atoms with Crippen molar-refractivity contribution in [3.63, 3.8) is 0 Å². The standard InChI is InChI=1S/C23H20N2O4S/c1-15-8-11-17(12-9-15)30(26,27)29-25-21-7-5-4-6-18(21)22-23(25)19-14-16(28-3)10-13-20(19)24(22)2/h4-14H,1-3H3. The molecule has 5 aromatic rings. The van der Waals surface area contributed by atoms with Crippen LogP contribution in [0.25, 0.3) is 32.8 Å². The van der Waals surface area contributed by atoms with Gasteiger partial charge in [0.15, 0.2) is 0 Å². The first-order chi connectivity index (χ1) is 14.4. The lowest BCUT2D eigenvalue weighted by molar-refractivity contribution is 0.306. The quantitative estimate of drug-likeness (QED) is 0.432. The Labute approximate surface area is 173 Å². The van der Waals surface area contributed by atoms with Crippen molar-refractivity contribution >= 4 is 43.0 Å². The number of aryl methyl sites for hydroxylation is 2. The molecule has 2 aromatic heterocycles. The number of nitrogens with zero attached hydrogens (tertiary/aromatic N) is 2. The molecule has 2 heterocycles. The van der Waals surface area contributed by atoms with Crippen molar-refractivity contribution in [2.75, 3.05) is 7.11 Å². The van der Waals surface area contributed by atoms with E-state index < -0.39 is 10.1 Å². The first kappa shape index (κ1) is 18.6. The van der Waals surface area contributed by atoms with Gasteiger partial charge >= 0.3 is 10.1 Å². The molecule has 152 valence electrons. The zero-order valence-corrected chi connectivity index (χ0v) is 17.6. The molecule has 6 nitrogen and oxygen atoms in total. The lowest BCUT2D eigenvalue weighted by Gasteiger charge is -2.10. The number of rotatable bonds is 4. The predicted octanol–water partition coefficient (Wildman–Crippen LogP) is 4.42. The maximum atomic E-state index is 13.1. The van der Waals surface area contributed by atoms with Crippen LogP contribution in [0.4, 0.5) is 0 Å². The van der Waals surface area contributed by atoms with Crippen molar-refractivity contribution in [3.8, 4) is 5.75 Å². The Morgan fingerprint density at radius 2 is 1.57 bits per heavy atom. The van der Waals surface area contributed by atoms with Crippen LogP contribution in [0.2, 0.25) is 0 Å². The smallest absolute Gasteiger partial charge is 0.357 e. The Kier molecular flexibility index (Phi) is 4.04. The molecule has 0 amide bonds. The predicted molar refractivity (Wildman–Crippen MR) is 117 cm³/mol. The molecule has 0 aliphatic carbocycles. The number of hydrogen-bond donors (Lipinski definition) is 0. The molecule has 0 N–H and O–H groups in total. The summed E-state index contributed by atoms with van der Waals surface area (Å²) >= 11 is 0. The van der Waals surface area contributed by atoms with Gasteiger partial charge in [-0.15, -0.1) is 0 Å². The molecular weight excluding hydrogens is 400 g/mol. The number of ether oxygens (including phenoxy) is 1. The highest BCUT2D eigenvalue weighted by Crippen LogP contribution is 2.37. The maximum absolute atomic E-state index is 13.1. The molecule has 5 rings (SSSR count). The van der Waals surface area contributed by atoms with Crippen LogP contribution in [-0.4, -0.2) is 24.8 Å². The fraction of sp³-hybridized carbons (Fsp3) is 0.130. The van der Waals surface area contributed by atoms with Gasteiger partial charge in [-0.25, -0.2) is 0 Å². The molecule has 0 fully saturated rings. The molecule has 0 aliphatic rings. The number of fused-ring (bicyclic) bond motifs is 5. The van der Waals surface area contributed by atoms with E-state index in [2.05, 4.69) is 0 Å². The summed E-state index contributed by atoms with van der Waals surface area (Å²) in [4.78, 5) is 0.108. The van der Waals surface area contributed by atoms with Gasteiger partial charge in [-0.05, 0) is 43.3 Å². The van der Waals surface area contributed by atoms with Gasteiger partial charge in [0.2, 0.25) is 0 Å². The van der Waals surface area contributed by atoms with Crippen LogP contribution in [0.5, 0.6) is 5.75 Å². The second-order valence-corrected chi connectivity index (χ2v) is 8.82. The molecule has 0 aliphatic heterocycles. The fourth-order valence-corrected chi connectivity index (χ4v) is 4.85. The van der Waals surface area contributed by atoms with Crippen molar-refractivity contribution < 1.29 is 17.4 Å². The van der Waals surface area contributed by atoms with Crippen molar-refractivity contribution in [2.24, 2.45) is 7.05 Å². The Morgan fingerprint density at radius 1 is 0.833 bits per heavy atom. The highest BCUT2D eigenvalue weighted by atomic mass is 32.2. The largest absolute Gasteiger partial charge is 0.497 e. The molecule has 0 saturated heterocycles. The lowest BCUT2D eigenvalue weighted by Crippen LogP contribution is -2.20. The molecule has 30 heavy (non-hydrogen) atoms.